The highest BCUT2D eigenvalue weighted by Gasteiger charge is 2.13. The molecule has 0 saturated heterocycles. The topological polar surface area (TPSA) is 58.1 Å². The lowest BCUT2D eigenvalue weighted by atomic mass is 10.1. The van der Waals surface area contributed by atoms with Crippen LogP contribution in [-0.4, -0.2) is 35.0 Å². The number of carbonyl (C=O) groups excluding carboxylic acids is 1. The molecule has 1 amide bonds. The number of nitrogens with zero attached hydrogens (tertiary/aromatic N) is 3. The van der Waals surface area contributed by atoms with Crippen LogP contribution in [0.4, 0.5) is 5.82 Å². The van der Waals surface area contributed by atoms with Crippen molar-refractivity contribution in [2.75, 3.05) is 18.0 Å². The van der Waals surface area contributed by atoms with Crippen molar-refractivity contribution in [1.82, 2.24) is 15.3 Å². The molecule has 0 aliphatic heterocycles. The Bertz CT molecular complexity index is 778. The van der Waals surface area contributed by atoms with Crippen LogP contribution in [0.5, 0.6) is 0 Å². The summed E-state index contributed by atoms with van der Waals surface area (Å²) in [5, 5.41) is 4.13. The van der Waals surface area contributed by atoms with Crippen LogP contribution in [-0.2, 0) is 5.75 Å². The predicted octanol–water partition coefficient (Wildman–Crippen LogP) is 5.04. The third kappa shape index (κ3) is 6.38. The molecule has 28 heavy (non-hydrogen) atoms. The second-order valence-corrected chi connectivity index (χ2v) is 8.33. The quantitative estimate of drug-likeness (QED) is 0.349. The van der Waals surface area contributed by atoms with Crippen molar-refractivity contribution in [2.24, 2.45) is 5.92 Å². The highest BCUT2D eigenvalue weighted by molar-refractivity contribution is 7.98. The van der Waals surface area contributed by atoms with Crippen LogP contribution in [0.15, 0.2) is 35.5 Å². The molecule has 1 aromatic heterocycles. The number of carbonyl (C=O) groups is 1. The molecule has 0 saturated carbocycles. The van der Waals surface area contributed by atoms with Crippen molar-refractivity contribution < 1.29 is 4.79 Å². The maximum atomic E-state index is 12.3. The first kappa shape index (κ1) is 22.5. The molecule has 1 heterocycles. The molecule has 5 nitrogen and oxygen atoms in total. The van der Waals surface area contributed by atoms with Gasteiger partial charge in [0.2, 0.25) is 0 Å². The molecule has 0 aliphatic carbocycles. The fraction of sp³-hybridized carbons (Fsp3) is 0.476. The summed E-state index contributed by atoms with van der Waals surface area (Å²) >= 11 is 7.71. The Morgan fingerprint density at radius 2 is 1.79 bits per heavy atom. The average Bonchev–Trinajstić information content (AvgIpc) is 2.67. The summed E-state index contributed by atoms with van der Waals surface area (Å²) in [4.78, 5) is 23.4. The monoisotopic (exact) mass is 420 g/mol. The SMILES string of the molecule is CCN(CC)c1cc(Cl)nc(SCc2ccc(C(=O)N[C@H](C)C(C)C)cc2)n1. The Morgan fingerprint density at radius 3 is 2.36 bits per heavy atom. The van der Waals surface area contributed by atoms with E-state index in [2.05, 4.69) is 47.9 Å². The summed E-state index contributed by atoms with van der Waals surface area (Å²) in [6, 6.07) is 9.60. The summed E-state index contributed by atoms with van der Waals surface area (Å²) in [7, 11) is 0. The first-order valence-electron chi connectivity index (χ1n) is 9.66. The molecule has 0 radical (unpaired) electrons. The second-order valence-electron chi connectivity index (χ2n) is 7.00. The summed E-state index contributed by atoms with van der Waals surface area (Å²) in [5.74, 6) is 1.92. The lowest BCUT2D eigenvalue weighted by molar-refractivity contribution is 0.0930. The summed E-state index contributed by atoms with van der Waals surface area (Å²) in [5.41, 5.74) is 1.77. The Hall–Kier alpha value is -1.79. The van der Waals surface area contributed by atoms with Crippen LogP contribution in [0.2, 0.25) is 5.15 Å². The molecule has 7 heteroatoms. The van der Waals surface area contributed by atoms with Crippen molar-refractivity contribution in [1.29, 1.82) is 0 Å². The minimum atomic E-state index is -0.0394. The number of anilines is 1. The molecular weight excluding hydrogens is 392 g/mol. The summed E-state index contributed by atoms with van der Waals surface area (Å²) in [6.07, 6.45) is 0. The normalized spacial score (nSPS) is 12.1. The number of benzene rings is 1. The van der Waals surface area contributed by atoms with Gasteiger partial charge in [-0.3, -0.25) is 4.79 Å². The van der Waals surface area contributed by atoms with Gasteiger partial charge in [-0.1, -0.05) is 49.3 Å². The van der Waals surface area contributed by atoms with E-state index in [1.54, 1.807) is 6.07 Å². The molecule has 0 fully saturated rings. The van der Waals surface area contributed by atoms with Crippen LogP contribution in [0.3, 0.4) is 0 Å². The van der Waals surface area contributed by atoms with E-state index in [-0.39, 0.29) is 11.9 Å². The molecule has 1 N–H and O–H groups in total. The van der Waals surface area contributed by atoms with E-state index in [0.29, 0.717) is 27.5 Å². The molecule has 2 rings (SSSR count). The maximum absolute atomic E-state index is 12.3. The minimum Gasteiger partial charge on any atom is -0.357 e. The highest BCUT2D eigenvalue weighted by Crippen LogP contribution is 2.24. The van der Waals surface area contributed by atoms with Gasteiger partial charge in [0.15, 0.2) is 5.16 Å². The molecular formula is C21H29ClN4OS. The van der Waals surface area contributed by atoms with Gasteiger partial charge in [-0.25, -0.2) is 9.97 Å². The first-order valence-corrected chi connectivity index (χ1v) is 11.0. The van der Waals surface area contributed by atoms with Gasteiger partial charge >= 0.3 is 0 Å². The van der Waals surface area contributed by atoms with Gasteiger partial charge in [0, 0.05) is 36.5 Å². The Labute approximate surface area is 177 Å². The van der Waals surface area contributed by atoms with E-state index in [4.69, 9.17) is 11.6 Å². The van der Waals surface area contributed by atoms with E-state index in [9.17, 15) is 4.79 Å². The van der Waals surface area contributed by atoms with Crippen molar-refractivity contribution in [2.45, 2.75) is 51.6 Å². The lowest BCUT2D eigenvalue weighted by Gasteiger charge is -2.20. The Kier molecular flexibility index (Phi) is 8.58. The first-order chi connectivity index (χ1) is 13.3. The van der Waals surface area contributed by atoms with Gasteiger partial charge in [-0.15, -0.1) is 0 Å². The van der Waals surface area contributed by atoms with Gasteiger partial charge in [0.25, 0.3) is 5.91 Å². The van der Waals surface area contributed by atoms with Crippen LogP contribution in [0.25, 0.3) is 0 Å². The summed E-state index contributed by atoms with van der Waals surface area (Å²) in [6.45, 7) is 12.1. The zero-order valence-electron chi connectivity index (χ0n) is 17.2. The fourth-order valence-corrected chi connectivity index (χ4v) is 3.55. The van der Waals surface area contributed by atoms with E-state index >= 15 is 0 Å². The fourth-order valence-electron chi connectivity index (χ4n) is 2.52. The molecule has 1 atom stereocenters. The summed E-state index contributed by atoms with van der Waals surface area (Å²) < 4.78 is 0. The van der Waals surface area contributed by atoms with E-state index < -0.39 is 0 Å². The Morgan fingerprint density at radius 1 is 1.14 bits per heavy atom. The number of hydrogen-bond acceptors (Lipinski definition) is 5. The molecule has 0 bridgehead atoms. The minimum absolute atomic E-state index is 0.0394. The molecule has 2 aromatic rings. The number of nitrogens with one attached hydrogen (secondary N) is 1. The highest BCUT2D eigenvalue weighted by atomic mass is 35.5. The standard InChI is InChI=1S/C21H29ClN4OS/c1-6-26(7-2)19-12-18(22)24-21(25-19)28-13-16-8-10-17(11-9-16)20(27)23-15(5)14(3)4/h8-12,14-15H,6-7,13H2,1-5H3,(H,23,27)/t15-/m1/s1. The number of halogens is 1. The zero-order chi connectivity index (χ0) is 20.7. The molecule has 0 spiro atoms. The third-order valence-corrected chi connectivity index (χ3v) is 5.80. The van der Waals surface area contributed by atoms with Crippen LogP contribution in [0, 0.1) is 5.92 Å². The number of aromatic nitrogens is 2. The van der Waals surface area contributed by atoms with Crippen molar-refractivity contribution in [3.05, 3.63) is 46.6 Å². The zero-order valence-corrected chi connectivity index (χ0v) is 18.8. The van der Waals surface area contributed by atoms with Gasteiger partial charge in [-0.05, 0) is 44.4 Å². The number of thioether (sulfide) groups is 1. The van der Waals surface area contributed by atoms with Crippen LogP contribution >= 0.6 is 23.4 Å². The van der Waals surface area contributed by atoms with Gasteiger partial charge in [0.05, 0.1) is 0 Å². The maximum Gasteiger partial charge on any atom is 0.251 e. The van der Waals surface area contributed by atoms with Crippen molar-refractivity contribution in [3.63, 3.8) is 0 Å². The number of hydrogen-bond donors (Lipinski definition) is 1. The number of rotatable bonds is 9. The smallest absolute Gasteiger partial charge is 0.251 e. The van der Waals surface area contributed by atoms with Gasteiger partial charge in [-0.2, -0.15) is 0 Å². The van der Waals surface area contributed by atoms with Gasteiger partial charge < -0.3 is 10.2 Å². The average molecular weight is 421 g/mol. The predicted molar refractivity (Wildman–Crippen MR) is 118 cm³/mol. The third-order valence-electron chi connectivity index (χ3n) is 4.69. The lowest BCUT2D eigenvalue weighted by Crippen LogP contribution is -2.36. The van der Waals surface area contributed by atoms with Crippen LogP contribution < -0.4 is 10.2 Å². The molecule has 0 aliphatic rings. The van der Waals surface area contributed by atoms with E-state index in [0.717, 1.165) is 24.5 Å². The molecule has 1 aromatic carbocycles. The largest absolute Gasteiger partial charge is 0.357 e. The second kappa shape index (κ2) is 10.7. The van der Waals surface area contributed by atoms with E-state index in [1.807, 2.05) is 31.2 Å². The molecule has 152 valence electrons. The molecule has 0 unspecified atom stereocenters. The van der Waals surface area contributed by atoms with Gasteiger partial charge in [0.1, 0.15) is 11.0 Å². The Balaban J connectivity index is 2.01. The van der Waals surface area contributed by atoms with Crippen molar-refractivity contribution in [3.8, 4) is 0 Å². The van der Waals surface area contributed by atoms with Crippen molar-refractivity contribution >= 4 is 35.1 Å². The number of amides is 1. The van der Waals surface area contributed by atoms with Crippen LogP contribution in [0.1, 0.15) is 50.5 Å². The van der Waals surface area contributed by atoms with E-state index in [1.165, 1.54) is 11.8 Å².